The fourth-order valence-electron chi connectivity index (χ4n) is 4.40. The molecule has 2 amide bonds. The summed E-state index contributed by atoms with van der Waals surface area (Å²) in [4.78, 5) is 28.1. The van der Waals surface area contributed by atoms with Crippen LogP contribution in [0.4, 0.5) is 4.79 Å². The third-order valence-electron chi connectivity index (χ3n) is 5.74. The normalized spacial score (nSPS) is 36.4. The summed E-state index contributed by atoms with van der Waals surface area (Å²) >= 11 is 0. The molecule has 5 nitrogen and oxygen atoms in total. The van der Waals surface area contributed by atoms with Crippen molar-refractivity contribution >= 4 is 12.0 Å². The Kier molecular flexibility index (Phi) is 3.84. The summed E-state index contributed by atoms with van der Waals surface area (Å²) in [6, 6.07) is 0.487. The van der Waals surface area contributed by atoms with Gasteiger partial charge in [-0.2, -0.15) is 0 Å². The van der Waals surface area contributed by atoms with Crippen molar-refractivity contribution in [2.45, 2.75) is 57.9 Å². The second-order valence-corrected chi connectivity index (χ2v) is 7.27. The molecular formula is C16H26N2O3. The number of urea groups is 1. The number of carbonyl (C=O) groups is 2. The molecule has 2 heterocycles. The van der Waals surface area contributed by atoms with E-state index in [9.17, 15) is 14.7 Å². The molecule has 118 valence electrons. The highest BCUT2D eigenvalue weighted by Crippen LogP contribution is 2.38. The Morgan fingerprint density at radius 1 is 1.10 bits per heavy atom. The fourth-order valence-corrected chi connectivity index (χ4v) is 4.40. The first-order valence-electron chi connectivity index (χ1n) is 8.30. The van der Waals surface area contributed by atoms with Gasteiger partial charge in [0.05, 0.1) is 5.41 Å². The maximum atomic E-state index is 12.8. The van der Waals surface area contributed by atoms with Crippen molar-refractivity contribution in [3.8, 4) is 0 Å². The zero-order valence-electron chi connectivity index (χ0n) is 12.9. The predicted octanol–water partition coefficient (Wildman–Crippen LogP) is 2.56. The van der Waals surface area contributed by atoms with Crippen LogP contribution in [0, 0.1) is 11.3 Å². The summed E-state index contributed by atoms with van der Waals surface area (Å²) in [6.45, 7) is 3.68. The molecule has 5 heteroatoms. The van der Waals surface area contributed by atoms with E-state index in [1.54, 1.807) is 11.8 Å². The molecule has 0 spiro atoms. The highest BCUT2D eigenvalue weighted by Gasteiger charge is 2.44. The minimum atomic E-state index is -0.781. The molecule has 3 unspecified atom stereocenters. The van der Waals surface area contributed by atoms with Crippen molar-refractivity contribution in [2.24, 2.45) is 11.3 Å². The second kappa shape index (κ2) is 5.50. The standard InChI is InChI=1S/C16H26N2O3/c1-16(14(19)20)8-4-9-17(11-16)15(21)18-10-7-12-5-2-3-6-13(12)18/h12-13H,2-11H2,1H3,(H,19,20). The Hall–Kier alpha value is -1.26. The van der Waals surface area contributed by atoms with E-state index < -0.39 is 11.4 Å². The number of piperidine rings is 1. The Bertz CT molecular complexity index is 439. The van der Waals surface area contributed by atoms with Crippen LogP contribution in [0.5, 0.6) is 0 Å². The van der Waals surface area contributed by atoms with Crippen LogP contribution in [-0.2, 0) is 4.79 Å². The maximum absolute atomic E-state index is 12.8. The predicted molar refractivity (Wildman–Crippen MR) is 79.0 cm³/mol. The van der Waals surface area contributed by atoms with Gasteiger partial charge in [0.15, 0.2) is 0 Å². The van der Waals surface area contributed by atoms with Gasteiger partial charge in [0, 0.05) is 25.7 Å². The van der Waals surface area contributed by atoms with Gasteiger partial charge in [-0.15, -0.1) is 0 Å². The number of fused-ring (bicyclic) bond motifs is 1. The fraction of sp³-hybridized carbons (Fsp3) is 0.875. The van der Waals surface area contributed by atoms with Crippen LogP contribution < -0.4 is 0 Å². The number of carbonyl (C=O) groups excluding carboxylic acids is 1. The van der Waals surface area contributed by atoms with Gasteiger partial charge < -0.3 is 14.9 Å². The number of nitrogens with zero attached hydrogens (tertiary/aromatic N) is 2. The number of carboxylic acid groups (broad SMARTS) is 1. The summed E-state index contributed by atoms with van der Waals surface area (Å²) in [5.41, 5.74) is -0.778. The van der Waals surface area contributed by atoms with Crippen molar-refractivity contribution in [3.05, 3.63) is 0 Å². The summed E-state index contributed by atoms with van der Waals surface area (Å²) in [5.74, 6) is -0.102. The molecule has 3 atom stereocenters. The van der Waals surface area contributed by atoms with E-state index >= 15 is 0 Å². The zero-order chi connectivity index (χ0) is 15.0. The third-order valence-corrected chi connectivity index (χ3v) is 5.74. The molecule has 0 aromatic carbocycles. The van der Waals surface area contributed by atoms with Crippen LogP contribution in [0.1, 0.15) is 51.9 Å². The van der Waals surface area contributed by atoms with E-state index in [-0.39, 0.29) is 6.03 Å². The molecule has 1 N–H and O–H groups in total. The number of likely N-dealkylation sites (tertiary alicyclic amines) is 2. The Balaban J connectivity index is 1.69. The molecule has 21 heavy (non-hydrogen) atoms. The number of hydrogen-bond acceptors (Lipinski definition) is 2. The first-order chi connectivity index (χ1) is 10.0. The van der Waals surface area contributed by atoms with E-state index in [1.807, 2.05) is 4.90 Å². The summed E-state index contributed by atoms with van der Waals surface area (Å²) in [6.07, 6.45) is 7.47. The molecule has 3 aliphatic rings. The van der Waals surface area contributed by atoms with Crippen LogP contribution in [0.2, 0.25) is 0 Å². The topological polar surface area (TPSA) is 60.9 Å². The van der Waals surface area contributed by atoms with Gasteiger partial charge in [-0.25, -0.2) is 4.79 Å². The third kappa shape index (κ3) is 2.62. The Morgan fingerprint density at radius 2 is 1.86 bits per heavy atom. The van der Waals surface area contributed by atoms with E-state index in [2.05, 4.69) is 0 Å². The minimum Gasteiger partial charge on any atom is -0.481 e. The highest BCUT2D eigenvalue weighted by atomic mass is 16.4. The second-order valence-electron chi connectivity index (χ2n) is 7.27. The van der Waals surface area contributed by atoms with E-state index in [0.29, 0.717) is 31.5 Å². The van der Waals surface area contributed by atoms with Gasteiger partial charge in [-0.05, 0) is 44.9 Å². The van der Waals surface area contributed by atoms with Crippen LogP contribution in [0.25, 0.3) is 0 Å². The highest BCUT2D eigenvalue weighted by molar-refractivity contribution is 5.79. The lowest BCUT2D eigenvalue weighted by Gasteiger charge is -2.41. The van der Waals surface area contributed by atoms with Crippen molar-refractivity contribution < 1.29 is 14.7 Å². The first-order valence-corrected chi connectivity index (χ1v) is 8.30. The zero-order valence-corrected chi connectivity index (χ0v) is 12.9. The van der Waals surface area contributed by atoms with Crippen LogP contribution in [0.3, 0.4) is 0 Å². The molecule has 0 radical (unpaired) electrons. The number of aliphatic carboxylic acids is 1. The summed E-state index contributed by atoms with van der Waals surface area (Å²) < 4.78 is 0. The molecule has 3 fully saturated rings. The smallest absolute Gasteiger partial charge is 0.320 e. The van der Waals surface area contributed by atoms with Crippen molar-refractivity contribution in [3.63, 3.8) is 0 Å². The Morgan fingerprint density at radius 3 is 2.62 bits per heavy atom. The van der Waals surface area contributed by atoms with E-state index in [0.717, 1.165) is 25.8 Å². The lowest BCUT2D eigenvalue weighted by atomic mass is 9.82. The molecule has 1 saturated carbocycles. The maximum Gasteiger partial charge on any atom is 0.320 e. The van der Waals surface area contributed by atoms with Gasteiger partial charge >= 0.3 is 12.0 Å². The number of amides is 2. The van der Waals surface area contributed by atoms with Crippen LogP contribution in [0.15, 0.2) is 0 Å². The average molecular weight is 294 g/mol. The Labute approximate surface area is 126 Å². The monoisotopic (exact) mass is 294 g/mol. The largest absolute Gasteiger partial charge is 0.481 e. The van der Waals surface area contributed by atoms with E-state index in [4.69, 9.17) is 0 Å². The molecule has 0 aromatic rings. The SMILES string of the molecule is CC1(C(=O)O)CCCN(C(=O)N2CCC3CCCCC32)C1. The lowest BCUT2D eigenvalue weighted by Crippen LogP contribution is -2.54. The number of rotatable bonds is 1. The van der Waals surface area contributed by atoms with Gasteiger partial charge in [0.1, 0.15) is 0 Å². The number of hydrogen-bond donors (Lipinski definition) is 1. The van der Waals surface area contributed by atoms with Gasteiger partial charge in [0.2, 0.25) is 0 Å². The van der Waals surface area contributed by atoms with Crippen molar-refractivity contribution in [1.29, 1.82) is 0 Å². The number of carboxylic acids is 1. The van der Waals surface area contributed by atoms with Gasteiger partial charge in [0.25, 0.3) is 0 Å². The van der Waals surface area contributed by atoms with Crippen LogP contribution >= 0.6 is 0 Å². The molecule has 0 aromatic heterocycles. The van der Waals surface area contributed by atoms with Gasteiger partial charge in [-0.1, -0.05) is 12.8 Å². The molecule has 2 saturated heterocycles. The minimum absolute atomic E-state index is 0.0802. The first kappa shape index (κ1) is 14.7. The van der Waals surface area contributed by atoms with Gasteiger partial charge in [-0.3, -0.25) is 4.79 Å². The molecular weight excluding hydrogens is 268 g/mol. The quantitative estimate of drug-likeness (QED) is 0.808. The average Bonchev–Trinajstić information content (AvgIpc) is 2.90. The lowest BCUT2D eigenvalue weighted by molar-refractivity contribution is -0.150. The molecule has 1 aliphatic carbocycles. The molecule has 3 rings (SSSR count). The van der Waals surface area contributed by atoms with Crippen LogP contribution in [-0.4, -0.2) is 52.6 Å². The van der Waals surface area contributed by atoms with Crippen molar-refractivity contribution in [1.82, 2.24) is 9.80 Å². The molecule has 2 aliphatic heterocycles. The summed E-state index contributed by atoms with van der Waals surface area (Å²) in [7, 11) is 0. The summed E-state index contributed by atoms with van der Waals surface area (Å²) in [5, 5.41) is 9.40. The molecule has 0 bridgehead atoms. The van der Waals surface area contributed by atoms with Crippen molar-refractivity contribution in [2.75, 3.05) is 19.6 Å². The van der Waals surface area contributed by atoms with E-state index in [1.165, 1.54) is 19.3 Å².